The molecular weight excluding hydrogens is 504 g/mol. The minimum atomic E-state index is -3.67. The topological polar surface area (TPSA) is 104 Å². The van der Waals surface area contributed by atoms with Crippen molar-refractivity contribution in [2.45, 2.75) is 37.6 Å². The Bertz CT molecular complexity index is 1550. The number of hydrogen-bond acceptors (Lipinski definition) is 7. The number of nitrogens with zero attached hydrogens (tertiary/aromatic N) is 4. The number of aromatic nitrogens is 3. The van der Waals surface area contributed by atoms with Crippen LogP contribution in [-0.2, 0) is 33.1 Å². The molecule has 1 atom stereocenters. The van der Waals surface area contributed by atoms with E-state index in [-0.39, 0.29) is 36.4 Å². The molecule has 0 N–H and O–H groups in total. The molecule has 0 spiro atoms. The monoisotopic (exact) mass is 536 g/mol. The van der Waals surface area contributed by atoms with E-state index in [0.717, 1.165) is 27.8 Å². The van der Waals surface area contributed by atoms with Crippen LogP contribution in [0.4, 0.5) is 0 Å². The van der Waals surface area contributed by atoms with Crippen LogP contribution >= 0.6 is 0 Å². The van der Waals surface area contributed by atoms with Crippen molar-refractivity contribution in [2.24, 2.45) is 7.05 Å². The Morgan fingerprint density at radius 3 is 2.50 bits per heavy atom. The van der Waals surface area contributed by atoms with Gasteiger partial charge in [-0.05, 0) is 60.4 Å². The van der Waals surface area contributed by atoms with Gasteiger partial charge >= 0.3 is 5.97 Å². The number of hydrogen-bond donors (Lipinski definition) is 0. The van der Waals surface area contributed by atoms with Gasteiger partial charge in [0.05, 0.1) is 25.0 Å². The fraction of sp³-hybridized carbons (Fsp3) is 0.321. The third kappa shape index (κ3) is 5.56. The molecule has 9 nitrogen and oxygen atoms in total. The van der Waals surface area contributed by atoms with Crippen molar-refractivity contribution in [3.8, 4) is 5.75 Å². The molecule has 38 heavy (non-hydrogen) atoms. The molecule has 0 saturated heterocycles. The fourth-order valence-electron chi connectivity index (χ4n) is 4.52. The molecule has 0 aliphatic heterocycles. The van der Waals surface area contributed by atoms with Crippen LogP contribution in [0.25, 0.3) is 11.0 Å². The van der Waals surface area contributed by atoms with E-state index in [9.17, 15) is 13.2 Å². The summed E-state index contributed by atoms with van der Waals surface area (Å²) in [7, 11) is 1.27. The average Bonchev–Trinajstić information content (AvgIpc) is 3.29. The Labute approximate surface area is 223 Å². The summed E-state index contributed by atoms with van der Waals surface area (Å²) in [5, 5.41) is 8.36. The normalized spacial score (nSPS) is 12.6. The first kappa shape index (κ1) is 27.3. The largest absolute Gasteiger partial charge is 0.494 e. The highest BCUT2D eigenvalue weighted by molar-refractivity contribution is 7.89. The number of esters is 1. The number of benzene rings is 3. The van der Waals surface area contributed by atoms with Gasteiger partial charge in [0, 0.05) is 26.6 Å². The van der Waals surface area contributed by atoms with Crippen LogP contribution in [0.5, 0.6) is 5.75 Å². The van der Waals surface area contributed by atoms with Gasteiger partial charge in [-0.2, -0.15) is 4.31 Å². The molecular formula is C28H32N4O5S. The summed E-state index contributed by atoms with van der Waals surface area (Å²) in [6.07, 6.45) is 0.101. The zero-order chi connectivity index (χ0) is 27.4. The summed E-state index contributed by atoms with van der Waals surface area (Å²) in [5.74, 6) is -0.105. The van der Waals surface area contributed by atoms with E-state index < -0.39 is 10.0 Å². The van der Waals surface area contributed by atoms with Crippen molar-refractivity contribution in [1.29, 1.82) is 0 Å². The minimum Gasteiger partial charge on any atom is -0.494 e. The summed E-state index contributed by atoms with van der Waals surface area (Å²) in [6.45, 7) is 4.17. The van der Waals surface area contributed by atoms with Gasteiger partial charge in [-0.1, -0.05) is 41.6 Å². The lowest BCUT2D eigenvalue weighted by atomic mass is 9.86. The molecule has 1 unspecified atom stereocenters. The molecule has 4 aromatic rings. The molecule has 0 fully saturated rings. The van der Waals surface area contributed by atoms with Crippen molar-refractivity contribution >= 4 is 27.0 Å². The second kappa shape index (κ2) is 11.3. The Kier molecular flexibility index (Phi) is 8.13. The van der Waals surface area contributed by atoms with E-state index in [0.29, 0.717) is 11.3 Å². The van der Waals surface area contributed by atoms with Crippen LogP contribution in [0.1, 0.15) is 41.5 Å². The molecule has 4 rings (SSSR count). The van der Waals surface area contributed by atoms with E-state index in [4.69, 9.17) is 9.47 Å². The summed E-state index contributed by atoms with van der Waals surface area (Å²) in [5.41, 5.74) is 4.87. The maximum Gasteiger partial charge on any atom is 0.306 e. The molecule has 1 heterocycles. The predicted molar refractivity (Wildman–Crippen MR) is 144 cm³/mol. The lowest BCUT2D eigenvalue weighted by Crippen LogP contribution is -2.27. The fourth-order valence-corrected chi connectivity index (χ4v) is 5.69. The van der Waals surface area contributed by atoms with Crippen LogP contribution in [0.3, 0.4) is 0 Å². The van der Waals surface area contributed by atoms with Crippen molar-refractivity contribution in [2.75, 3.05) is 20.8 Å². The number of carbonyl (C=O) groups excluding carboxylic acids is 1. The van der Waals surface area contributed by atoms with Gasteiger partial charge in [0.25, 0.3) is 0 Å². The standard InChI is InChI=1S/C28H32N4O5S/c1-6-37-27(33)17-24(21-15-25-28(26(16-21)36-5)32(4)30-29-25)20-13-12-19(2)22(14-20)18-31(3)38(34,35)23-10-8-7-9-11-23/h7-16,24H,6,17-18H2,1-5H3. The second-order valence-corrected chi connectivity index (χ2v) is 11.2. The molecule has 0 saturated carbocycles. The number of aryl methyl sites for hydroxylation is 2. The highest BCUT2D eigenvalue weighted by Gasteiger charge is 2.25. The average molecular weight is 537 g/mol. The number of carbonyl (C=O) groups is 1. The summed E-state index contributed by atoms with van der Waals surface area (Å²) < 4.78 is 40.2. The smallest absolute Gasteiger partial charge is 0.306 e. The highest BCUT2D eigenvalue weighted by Crippen LogP contribution is 2.35. The van der Waals surface area contributed by atoms with E-state index >= 15 is 0 Å². The van der Waals surface area contributed by atoms with Crippen molar-refractivity contribution in [3.63, 3.8) is 0 Å². The molecule has 0 bridgehead atoms. The van der Waals surface area contributed by atoms with Gasteiger partial charge in [-0.3, -0.25) is 4.79 Å². The summed E-state index contributed by atoms with van der Waals surface area (Å²) in [4.78, 5) is 12.9. The van der Waals surface area contributed by atoms with Crippen molar-refractivity contribution < 1.29 is 22.7 Å². The summed E-state index contributed by atoms with van der Waals surface area (Å²) in [6, 6.07) is 18.0. The Balaban J connectivity index is 1.75. The van der Waals surface area contributed by atoms with Gasteiger partial charge in [0.2, 0.25) is 10.0 Å². The third-order valence-electron chi connectivity index (χ3n) is 6.61. The predicted octanol–water partition coefficient (Wildman–Crippen LogP) is 4.19. The van der Waals surface area contributed by atoms with Crippen LogP contribution < -0.4 is 4.74 Å². The maximum absolute atomic E-state index is 13.1. The van der Waals surface area contributed by atoms with E-state index in [1.807, 2.05) is 37.3 Å². The molecule has 10 heteroatoms. The van der Waals surface area contributed by atoms with Crippen LogP contribution in [-0.4, -0.2) is 54.5 Å². The van der Waals surface area contributed by atoms with Gasteiger partial charge in [-0.25, -0.2) is 13.1 Å². The maximum atomic E-state index is 13.1. The second-order valence-electron chi connectivity index (χ2n) is 9.13. The molecule has 0 amide bonds. The summed E-state index contributed by atoms with van der Waals surface area (Å²) >= 11 is 0. The van der Waals surface area contributed by atoms with Crippen molar-refractivity contribution in [1.82, 2.24) is 19.3 Å². The van der Waals surface area contributed by atoms with E-state index in [1.165, 1.54) is 4.31 Å². The van der Waals surface area contributed by atoms with Gasteiger partial charge in [-0.15, -0.1) is 5.10 Å². The molecule has 0 radical (unpaired) electrons. The quantitative estimate of drug-likeness (QED) is 0.280. The van der Waals surface area contributed by atoms with E-state index in [2.05, 4.69) is 10.3 Å². The Morgan fingerprint density at radius 2 is 1.82 bits per heavy atom. The number of ether oxygens (including phenoxy) is 2. The molecule has 0 aliphatic rings. The molecule has 1 aromatic heterocycles. The van der Waals surface area contributed by atoms with Crippen LogP contribution in [0.2, 0.25) is 0 Å². The zero-order valence-electron chi connectivity index (χ0n) is 22.2. The SMILES string of the molecule is CCOC(=O)CC(c1ccc(C)c(CN(C)S(=O)(=O)c2ccccc2)c1)c1cc(OC)c2c(c1)nnn2C. The number of rotatable bonds is 10. The number of sulfonamides is 1. The first-order valence-electron chi connectivity index (χ1n) is 12.3. The van der Waals surface area contributed by atoms with Crippen LogP contribution in [0, 0.1) is 6.92 Å². The first-order chi connectivity index (χ1) is 18.1. The lowest BCUT2D eigenvalue weighted by molar-refractivity contribution is -0.143. The van der Waals surface area contributed by atoms with Crippen LogP contribution in [0.15, 0.2) is 65.6 Å². The lowest BCUT2D eigenvalue weighted by Gasteiger charge is -2.22. The number of fused-ring (bicyclic) bond motifs is 1. The molecule has 0 aliphatic carbocycles. The first-order valence-corrected chi connectivity index (χ1v) is 13.7. The van der Waals surface area contributed by atoms with E-state index in [1.54, 1.807) is 63.1 Å². The van der Waals surface area contributed by atoms with Gasteiger partial charge in [0.1, 0.15) is 16.8 Å². The third-order valence-corrected chi connectivity index (χ3v) is 8.42. The van der Waals surface area contributed by atoms with Crippen molar-refractivity contribution in [3.05, 3.63) is 82.9 Å². The Morgan fingerprint density at radius 1 is 1.08 bits per heavy atom. The van der Waals surface area contributed by atoms with Gasteiger partial charge in [0.15, 0.2) is 0 Å². The molecule has 3 aromatic carbocycles. The minimum absolute atomic E-state index is 0.101. The Hall–Kier alpha value is -3.76. The highest BCUT2D eigenvalue weighted by atomic mass is 32.2. The van der Waals surface area contributed by atoms with Gasteiger partial charge < -0.3 is 9.47 Å². The molecule has 200 valence electrons. The zero-order valence-corrected chi connectivity index (χ0v) is 23.0. The number of methoxy groups -OCH3 is 1.